The van der Waals surface area contributed by atoms with Gasteiger partial charge in [-0.2, -0.15) is 15.3 Å². The maximum atomic E-state index is 14.5. The molecule has 6 atom stereocenters. The number of hydrogen-bond acceptors (Lipinski definition) is 9. The number of aliphatic hydroxyl groups is 1. The van der Waals surface area contributed by atoms with E-state index < -0.39 is 48.2 Å². The van der Waals surface area contributed by atoms with Crippen LogP contribution < -0.4 is 16.8 Å². The summed E-state index contributed by atoms with van der Waals surface area (Å²) in [5, 5.41) is 24.9. The first kappa shape index (κ1) is 26.3. The van der Waals surface area contributed by atoms with Crippen LogP contribution in [-0.4, -0.2) is 85.1 Å². The van der Waals surface area contributed by atoms with Crippen molar-refractivity contribution in [2.24, 2.45) is 28.3 Å². The minimum absolute atomic E-state index is 0.0275. The molecular weight excluding hydrogens is 509 g/mol. The van der Waals surface area contributed by atoms with E-state index in [0.717, 1.165) is 16.0 Å². The first-order valence-electron chi connectivity index (χ1n) is 12.4. The molecule has 5 rings (SSSR count). The second-order valence-corrected chi connectivity index (χ2v) is 9.81. The Morgan fingerprint density at radius 2 is 2.03 bits per heavy atom. The SMILES string of the molecule is CC1C=NC(NC(=O)C2CC(F)CN2C(=O)Cn2nc(C(N)=O)c3cc(-c4ccnnc4)ccc32)C1C(N)O. The number of nitrogens with two attached hydrogens (primary N) is 2. The maximum absolute atomic E-state index is 14.5. The summed E-state index contributed by atoms with van der Waals surface area (Å²) >= 11 is 0. The van der Waals surface area contributed by atoms with E-state index in [2.05, 4.69) is 25.6 Å². The molecule has 0 aliphatic carbocycles. The molecule has 13 nitrogen and oxygen atoms in total. The van der Waals surface area contributed by atoms with Gasteiger partial charge in [0.05, 0.1) is 24.5 Å². The molecule has 0 spiro atoms. The first-order chi connectivity index (χ1) is 18.6. The monoisotopic (exact) mass is 537 g/mol. The molecule has 1 aromatic carbocycles. The zero-order valence-electron chi connectivity index (χ0n) is 21.0. The van der Waals surface area contributed by atoms with Crippen LogP contribution in [0.25, 0.3) is 22.0 Å². The minimum Gasteiger partial charge on any atom is -0.378 e. The quantitative estimate of drug-likeness (QED) is 0.292. The molecular formula is C25H28FN9O4. The smallest absolute Gasteiger partial charge is 0.269 e. The minimum atomic E-state index is -1.40. The molecule has 2 aromatic heterocycles. The number of aliphatic imine (C=N–C) groups is 1. The van der Waals surface area contributed by atoms with Crippen LogP contribution in [0.1, 0.15) is 23.8 Å². The average molecular weight is 538 g/mol. The third-order valence-corrected chi connectivity index (χ3v) is 7.20. The van der Waals surface area contributed by atoms with E-state index in [1.165, 1.54) is 10.9 Å². The third kappa shape index (κ3) is 5.07. The number of hydrogen-bond donors (Lipinski definition) is 4. The van der Waals surface area contributed by atoms with E-state index in [9.17, 15) is 23.9 Å². The number of carbonyl (C=O) groups excluding carboxylic acids is 3. The number of aromatic nitrogens is 4. The van der Waals surface area contributed by atoms with E-state index in [4.69, 9.17) is 11.5 Å². The van der Waals surface area contributed by atoms with Crippen molar-refractivity contribution in [1.82, 2.24) is 30.2 Å². The third-order valence-electron chi connectivity index (χ3n) is 7.20. The number of alkyl halides is 1. The van der Waals surface area contributed by atoms with Crippen LogP contribution in [0.5, 0.6) is 0 Å². The fraction of sp³-hybridized carbons (Fsp3) is 0.400. The normalized spacial score (nSPS) is 25.2. The second kappa shape index (κ2) is 10.5. The van der Waals surface area contributed by atoms with Crippen molar-refractivity contribution in [2.45, 2.75) is 44.5 Å². The van der Waals surface area contributed by atoms with Gasteiger partial charge < -0.3 is 26.8 Å². The van der Waals surface area contributed by atoms with Gasteiger partial charge >= 0.3 is 0 Å². The number of rotatable bonds is 7. The topological polar surface area (TPSA) is 195 Å². The molecule has 2 aliphatic heterocycles. The van der Waals surface area contributed by atoms with Crippen LogP contribution in [0.3, 0.4) is 0 Å². The predicted octanol–water partition coefficient (Wildman–Crippen LogP) is -0.413. The van der Waals surface area contributed by atoms with Gasteiger partial charge in [-0.05, 0) is 23.8 Å². The summed E-state index contributed by atoms with van der Waals surface area (Å²) in [6.45, 7) is 1.19. The fourth-order valence-electron chi connectivity index (χ4n) is 5.24. The molecule has 3 amide bonds. The summed E-state index contributed by atoms with van der Waals surface area (Å²) in [6.07, 6.45) is 1.10. The molecule has 1 saturated heterocycles. The number of benzene rings is 1. The maximum Gasteiger partial charge on any atom is 0.269 e. The molecule has 6 N–H and O–H groups in total. The Balaban J connectivity index is 1.38. The number of amides is 3. The van der Waals surface area contributed by atoms with Crippen LogP contribution >= 0.6 is 0 Å². The lowest BCUT2D eigenvalue weighted by Gasteiger charge is -2.28. The van der Waals surface area contributed by atoms with Gasteiger partial charge in [-0.3, -0.25) is 24.1 Å². The number of nitrogens with zero attached hydrogens (tertiary/aromatic N) is 6. The van der Waals surface area contributed by atoms with Crippen LogP contribution in [-0.2, 0) is 16.1 Å². The Morgan fingerprint density at radius 3 is 2.72 bits per heavy atom. The second-order valence-electron chi connectivity index (χ2n) is 9.81. The van der Waals surface area contributed by atoms with Crippen LogP contribution in [0.15, 0.2) is 41.7 Å². The first-order valence-corrected chi connectivity index (χ1v) is 12.4. The van der Waals surface area contributed by atoms with Crippen molar-refractivity contribution in [2.75, 3.05) is 6.54 Å². The highest BCUT2D eigenvalue weighted by Crippen LogP contribution is 2.28. The van der Waals surface area contributed by atoms with Crippen LogP contribution in [0.4, 0.5) is 4.39 Å². The molecule has 4 heterocycles. The standard InChI is InChI=1S/C25H28FN9O4/c1-12-8-29-24(20(12)22(27)37)32-25(39)18-7-15(26)10-34(18)19(36)11-35-17-3-2-13(14-4-5-30-31-9-14)6-16(17)21(33-35)23(28)38/h2-6,8-9,12,15,18,20,22,24,37H,7,10-11,27H2,1H3,(H2,28,38)(H,32,39). The number of nitrogens with one attached hydrogen (secondary N) is 1. The van der Waals surface area contributed by atoms with E-state index in [1.54, 1.807) is 36.7 Å². The van der Waals surface area contributed by atoms with Gasteiger partial charge in [0.2, 0.25) is 11.8 Å². The zero-order valence-corrected chi connectivity index (χ0v) is 21.0. The molecule has 1 fully saturated rings. The van der Waals surface area contributed by atoms with E-state index in [-0.39, 0.29) is 31.1 Å². The molecule has 204 valence electrons. The summed E-state index contributed by atoms with van der Waals surface area (Å²) in [6, 6.07) is 5.86. The molecule has 6 unspecified atom stereocenters. The van der Waals surface area contributed by atoms with E-state index in [0.29, 0.717) is 10.9 Å². The van der Waals surface area contributed by atoms with Gasteiger partial charge in [0.25, 0.3) is 5.91 Å². The van der Waals surface area contributed by atoms with Crippen molar-refractivity contribution in [1.29, 1.82) is 0 Å². The lowest BCUT2D eigenvalue weighted by Crippen LogP contribution is -2.52. The molecule has 0 saturated carbocycles. The van der Waals surface area contributed by atoms with Gasteiger partial charge in [-0.25, -0.2) is 4.39 Å². The van der Waals surface area contributed by atoms with Gasteiger partial charge in [-0.1, -0.05) is 13.0 Å². The summed E-state index contributed by atoms with van der Waals surface area (Å²) < 4.78 is 15.8. The number of aliphatic hydroxyl groups excluding tert-OH is 1. The Hall–Kier alpha value is -4.30. The molecule has 0 radical (unpaired) electrons. The summed E-state index contributed by atoms with van der Waals surface area (Å²) in [4.78, 5) is 44.0. The highest BCUT2D eigenvalue weighted by molar-refractivity contribution is 6.05. The van der Waals surface area contributed by atoms with Crippen LogP contribution in [0, 0.1) is 11.8 Å². The molecule has 2 aliphatic rings. The average Bonchev–Trinajstić information content (AvgIpc) is 3.59. The predicted molar refractivity (Wildman–Crippen MR) is 138 cm³/mol. The van der Waals surface area contributed by atoms with Crippen molar-refractivity contribution < 1.29 is 23.9 Å². The Bertz CT molecular complexity index is 1440. The largest absolute Gasteiger partial charge is 0.378 e. The lowest BCUT2D eigenvalue weighted by atomic mass is 9.93. The Kier molecular flexibility index (Phi) is 7.06. The molecule has 3 aromatic rings. The highest BCUT2D eigenvalue weighted by atomic mass is 19.1. The fourth-order valence-corrected chi connectivity index (χ4v) is 5.24. The van der Waals surface area contributed by atoms with E-state index >= 15 is 0 Å². The number of fused-ring (bicyclic) bond motifs is 1. The van der Waals surface area contributed by atoms with Crippen molar-refractivity contribution in [3.8, 4) is 11.1 Å². The van der Waals surface area contributed by atoms with Crippen molar-refractivity contribution >= 4 is 34.8 Å². The summed E-state index contributed by atoms with van der Waals surface area (Å²) in [5.74, 6) is -2.65. The Labute approximate surface area is 222 Å². The number of halogens is 1. The van der Waals surface area contributed by atoms with Gasteiger partial charge in [0.1, 0.15) is 31.2 Å². The number of carbonyl (C=O) groups is 3. The highest BCUT2D eigenvalue weighted by Gasteiger charge is 2.43. The van der Waals surface area contributed by atoms with E-state index in [1.807, 2.05) is 6.92 Å². The van der Waals surface area contributed by atoms with Gasteiger partial charge in [0, 0.05) is 35.4 Å². The molecule has 0 bridgehead atoms. The number of primary amides is 1. The van der Waals surface area contributed by atoms with Gasteiger partial charge in [-0.15, -0.1) is 0 Å². The summed E-state index contributed by atoms with van der Waals surface area (Å²) in [7, 11) is 0. The molecule has 14 heteroatoms. The van der Waals surface area contributed by atoms with Crippen molar-refractivity contribution in [3.63, 3.8) is 0 Å². The zero-order chi connectivity index (χ0) is 27.8. The molecule has 39 heavy (non-hydrogen) atoms. The number of likely N-dealkylation sites (tertiary alicyclic amines) is 1. The van der Waals surface area contributed by atoms with Gasteiger partial charge in [0.15, 0.2) is 5.69 Å². The lowest BCUT2D eigenvalue weighted by molar-refractivity contribution is -0.139. The summed E-state index contributed by atoms with van der Waals surface area (Å²) in [5.41, 5.74) is 13.2. The Morgan fingerprint density at radius 1 is 1.23 bits per heavy atom. The van der Waals surface area contributed by atoms with Crippen LogP contribution in [0.2, 0.25) is 0 Å². The van der Waals surface area contributed by atoms with Crippen molar-refractivity contribution in [3.05, 3.63) is 42.4 Å².